The normalized spacial score (nSPS) is 19.2. The van der Waals surface area contributed by atoms with Crippen molar-refractivity contribution in [2.45, 2.75) is 38.7 Å². The van der Waals surface area contributed by atoms with Crippen LogP contribution in [0, 0.1) is 0 Å². The van der Waals surface area contributed by atoms with Gasteiger partial charge in [0.25, 0.3) is 6.43 Å². The van der Waals surface area contributed by atoms with Gasteiger partial charge in [-0.25, -0.2) is 8.78 Å². The van der Waals surface area contributed by atoms with Crippen LogP contribution in [0.1, 0.15) is 36.2 Å². The fraction of sp³-hybridized carbons (Fsp3) is 0.667. The zero-order valence-corrected chi connectivity index (χ0v) is 12.1. The molecule has 1 aromatic heterocycles. The number of rotatable bonds is 6. The second-order valence-electron chi connectivity index (χ2n) is 5.34. The van der Waals surface area contributed by atoms with Crippen LogP contribution in [0.2, 0.25) is 0 Å². The zero-order valence-electron chi connectivity index (χ0n) is 12.1. The maximum absolute atomic E-state index is 12.5. The van der Waals surface area contributed by atoms with Crippen LogP contribution < -0.4 is 0 Å². The van der Waals surface area contributed by atoms with Gasteiger partial charge in [-0.2, -0.15) is 0 Å². The first-order chi connectivity index (χ1) is 9.60. The van der Waals surface area contributed by atoms with Gasteiger partial charge in [-0.3, -0.25) is 9.88 Å². The molecule has 0 aromatic carbocycles. The summed E-state index contributed by atoms with van der Waals surface area (Å²) in [5.41, 5.74) is 3.08. The Morgan fingerprint density at radius 1 is 1.45 bits per heavy atom. The third-order valence-electron chi connectivity index (χ3n) is 3.67. The predicted molar refractivity (Wildman–Crippen MR) is 74.1 cm³/mol. The SMILES string of the molecule is CCc1ccc([C@@H]2CCOC2)c(CN(C)CC(F)F)n1. The molecule has 0 unspecified atom stereocenters. The lowest BCUT2D eigenvalue weighted by Gasteiger charge is -2.20. The van der Waals surface area contributed by atoms with Crippen molar-refractivity contribution < 1.29 is 13.5 Å². The topological polar surface area (TPSA) is 25.4 Å². The first-order valence-corrected chi connectivity index (χ1v) is 7.13. The summed E-state index contributed by atoms with van der Waals surface area (Å²) in [7, 11) is 1.71. The monoisotopic (exact) mass is 284 g/mol. The minimum atomic E-state index is -2.31. The largest absolute Gasteiger partial charge is 0.381 e. The summed E-state index contributed by atoms with van der Waals surface area (Å²) in [6.45, 7) is 3.77. The zero-order chi connectivity index (χ0) is 14.5. The average molecular weight is 284 g/mol. The molecule has 0 N–H and O–H groups in total. The number of hydrogen-bond donors (Lipinski definition) is 0. The van der Waals surface area contributed by atoms with E-state index in [0.29, 0.717) is 19.1 Å². The number of aromatic nitrogens is 1. The maximum Gasteiger partial charge on any atom is 0.251 e. The van der Waals surface area contributed by atoms with E-state index in [0.717, 1.165) is 36.4 Å². The first kappa shape index (κ1) is 15.3. The average Bonchev–Trinajstić information content (AvgIpc) is 2.91. The minimum Gasteiger partial charge on any atom is -0.381 e. The van der Waals surface area contributed by atoms with E-state index in [1.807, 2.05) is 13.0 Å². The molecule has 0 amide bonds. The van der Waals surface area contributed by atoms with Crippen LogP contribution in [0.3, 0.4) is 0 Å². The van der Waals surface area contributed by atoms with Gasteiger partial charge in [-0.05, 0) is 31.5 Å². The molecule has 0 bridgehead atoms. The summed E-state index contributed by atoms with van der Waals surface area (Å²) in [4.78, 5) is 6.27. The van der Waals surface area contributed by atoms with Crippen LogP contribution in [0.4, 0.5) is 8.78 Å². The number of pyridine rings is 1. The van der Waals surface area contributed by atoms with Gasteiger partial charge in [-0.15, -0.1) is 0 Å². The second kappa shape index (κ2) is 7.09. The number of halogens is 2. The molecule has 2 rings (SSSR count). The van der Waals surface area contributed by atoms with Crippen LogP contribution in [0.15, 0.2) is 12.1 Å². The van der Waals surface area contributed by atoms with Gasteiger partial charge in [0.2, 0.25) is 0 Å². The lowest BCUT2D eigenvalue weighted by atomic mass is 9.96. The van der Waals surface area contributed by atoms with Crippen molar-refractivity contribution in [3.8, 4) is 0 Å². The van der Waals surface area contributed by atoms with E-state index in [4.69, 9.17) is 4.74 Å². The highest BCUT2D eigenvalue weighted by atomic mass is 19.3. The van der Waals surface area contributed by atoms with Crippen LogP contribution in [0.5, 0.6) is 0 Å². The van der Waals surface area contributed by atoms with Crippen LogP contribution >= 0.6 is 0 Å². The van der Waals surface area contributed by atoms with Crippen molar-refractivity contribution in [2.24, 2.45) is 0 Å². The van der Waals surface area contributed by atoms with Crippen molar-refractivity contribution in [3.63, 3.8) is 0 Å². The van der Waals surface area contributed by atoms with Crippen molar-refractivity contribution in [1.29, 1.82) is 0 Å². The van der Waals surface area contributed by atoms with E-state index in [2.05, 4.69) is 11.1 Å². The molecule has 1 fully saturated rings. The molecule has 0 spiro atoms. The molecule has 0 radical (unpaired) electrons. The Morgan fingerprint density at radius 3 is 2.85 bits per heavy atom. The number of aryl methyl sites for hydroxylation is 1. The summed E-state index contributed by atoms with van der Waals surface area (Å²) in [5, 5.41) is 0. The quantitative estimate of drug-likeness (QED) is 0.803. The Bertz CT molecular complexity index is 434. The lowest BCUT2D eigenvalue weighted by Crippen LogP contribution is -2.25. The molecule has 1 aliphatic rings. The van der Waals surface area contributed by atoms with Crippen molar-refractivity contribution in [3.05, 3.63) is 29.1 Å². The fourth-order valence-corrected chi connectivity index (χ4v) is 2.59. The molecule has 1 atom stereocenters. The Labute approximate surface area is 118 Å². The van der Waals surface area contributed by atoms with E-state index in [1.54, 1.807) is 11.9 Å². The highest BCUT2D eigenvalue weighted by Gasteiger charge is 2.22. The third-order valence-corrected chi connectivity index (χ3v) is 3.67. The van der Waals surface area contributed by atoms with E-state index < -0.39 is 6.43 Å². The smallest absolute Gasteiger partial charge is 0.251 e. The molecule has 1 saturated heterocycles. The Balaban J connectivity index is 2.18. The van der Waals surface area contributed by atoms with Crippen molar-refractivity contribution in [1.82, 2.24) is 9.88 Å². The molecule has 5 heteroatoms. The molecular formula is C15H22F2N2O. The first-order valence-electron chi connectivity index (χ1n) is 7.13. The molecule has 0 saturated carbocycles. The Kier molecular flexibility index (Phi) is 5.43. The predicted octanol–water partition coefficient (Wildman–Crippen LogP) is 2.84. The molecule has 1 aliphatic heterocycles. The van der Waals surface area contributed by atoms with Gasteiger partial charge < -0.3 is 4.74 Å². The standard InChI is InChI=1S/C15H22F2N2O/c1-3-12-4-5-13(11-6-7-20-10-11)14(18-12)8-19(2)9-15(16)17/h4-5,11,15H,3,6-10H2,1-2H3/t11-/m1/s1. The molecule has 1 aromatic rings. The van der Waals surface area contributed by atoms with E-state index in [1.165, 1.54) is 0 Å². The summed E-state index contributed by atoms with van der Waals surface area (Å²) >= 11 is 0. The van der Waals surface area contributed by atoms with Crippen LogP contribution in [-0.4, -0.2) is 43.1 Å². The molecule has 112 valence electrons. The summed E-state index contributed by atoms with van der Waals surface area (Å²) in [6.07, 6.45) is -0.473. The van der Waals surface area contributed by atoms with E-state index >= 15 is 0 Å². The number of hydrogen-bond acceptors (Lipinski definition) is 3. The van der Waals surface area contributed by atoms with E-state index in [-0.39, 0.29) is 6.54 Å². The summed E-state index contributed by atoms with van der Waals surface area (Å²) < 4.78 is 30.3. The maximum atomic E-state index is 12.5. The van der Waals surface area contributed by atoms with Crippen LogP contribution in [-0.2, 0) is 17.7 Å². The molecule has 0 aliphatic carbocycles. The van der Waals surface area contributed by atoms with Gasteiger partial charge >= 0.3 is 0 Å². The van der Waals surface area contributed by atoms with Gasteiger partial charge in [0.1, 0.15) is 0 Å². The minimum absolute atomic E-state index is 0.224. The van der Waals surface area contributed by atoms with Crippen molar-refractivity contribution in [2.75, 3.05) is 26.8 Å². The summed E-state index contributed by atoms with van der Waals surface area (Å²) in [5.74, 6) is 0.350. The number of alkyl halides is 2. The van der Waals surface area contributed by atoms with Gasteiger partial charge in [0, 0.05) is 24.8 Å². The summed E-state index contributed by atoms with van der Waals surface area (Å²) in [6, 6.07) is 4.13. The van der Waals surface area contributed by atoms with Crippen molar-refractivity contribution >= 4 is 0 Å². The molecular weight excluding hydrogens is 262 g/mol. The Morgan fingerprint density at radius 2 is 2.25 bits per heavy atom. The molecule has 20 heavy (non-hydrogen) atoms. The van der Waals surface area contributed by atoms with Crippen LogP contribution in [0.25, 0.3) is 0 Å². The van der Waals surface area contributed by atoms with E-state index in [9.17, 15) is 8.78 Å². The van der Waals surface area contributed by atoms with Gasteiger partial charge in [0.05, 0.1) is 18.8 Å². The second-order valence-corrected chi connectivity index (χ2v) is 5.34. The third kappa shape index (κ3) is 3.96. The fourth-order valence-electron chi connectivity index (χ4n) is 2.59. The molecule has 3 nitrogen and oxygen atoms in total. The number of nitrogens with zero attached hydrogens (tertiary/aromatic N) is 2. The highest BCUT2D eigenvalue weighted by Crippen LogP contribution is 2.28. The lowest BCUT2D eigenvalue weighted by molar-refractivity contribution is 0.0968. The van der Waals surface area contributed by atoms with Gasteiger partial charge in [-0.1, -0.05) is 13.0 Å². The van der Waals surface area contributed by atoms with Gasteiger partial charge in [0.15, 0.2) is 0 Å². The Hall–Kier alpha value is -1.07. The highest BCUT2D eigenvalue weighted by molar-refractivity contribution is 5.28. The molecule has 2 heterocycles. The number of ether oxygens (including phenoxy) is 1.